The number of amides is 1. The minimum Gasteiger partial charge on any atom is -0.370 e. The number of hydrogen-bond acceptors (Lipinski definition) is 4. The summed E-state index contributed by atoms with van der Waals surface area (Å²) in [5, 5.41) is 3.54. The third-order valence-corrected chi connectivity index (χ3v) is 6.33. The Kier molecular flexibility index (Phi) is 5.69. The van der Waals surface area contributed by atoms with Gasteiger partial charge in [-0.3, -0.25) is 14.2 Å². The molecule has 0 spiro atoms. The molecule has 1 N–H and O–H groups in total. The fraction of sp³-hybridized carbons (Fsp3) is 0.333. The van der Waals surface area contributed by atoms with E-state index in [9.17, 15) is 9.59 Å². The van der Waals surface area contributed by atoms with Crippen LogP contribution in [0.1, 0.15) is 25.7 Å². The van der Waals surface area contributed by atoms with Crippen molar-refractivity contribution < 1.29 is 4.79 Å². The molecule has 0 saturated carbocycles. The normalized spacial score (nSPS) is 14.4. The van der Waals surface area contributed by atoms with Gasteiger partial charge in [0.05, 0.1) is 20.9 Å². The zero-order chi connectivity index (χ0) is 19.5. The lowest BCUT2D eigenvalue weighted by molar-refractivity contribution is -0.116. The number of hydrogen-bond donors (Lipinski definition) is 1. The first-order valence-electron chi connectivity index (χ1n) is 9.54. The molecule has 0 aliphatic carbocycles. The molecule has 5 nitrogen and oxygen atoms in total. The van der Waals surface area contributed by atoms with Crippen molar-refractivity contribution in [3.63, 3.8) is 0 Å². The van der Waals surface area contributed by atoms with Gasteiger partial charge in [0.25, 0.3) is 0 Å². The van der Waals surface area contributed by atoms with Crippen molar-refractivity contribution >= 4 is 50.4 Å². The predicted molar refractivity (Wildman–Crippen MR) is 117 cm³/mol. The Morgan fingerprint density at radius 2 is 1.89 bits per heavy atom. The van der Waals surface area contributed by atoms with Crippen molar-refractivity contribution in [2.24, 2.45) is 0 Å². The molecule has 146 valence electrons. The Labute approximate surface area is 172 Å². The van der Waals surface area contributed by atoms with E-state index in [2.05, 4.69) is 10.2 Å². The standard InChI is InChI=1S/C21H22ClN3O2S/c22-16-14-15(8-9-17(16)24-11-4-1-5-12-24)23-20(26)10-13-25-18-6-2-3-7-19(18)28-21(25)27/h2-3,6-9,14H,1,4-5,10-13H2,(H,23,26). The maximum Gasteiger partial charge on any atom is 0.308 e. The Morgan fingerprint density at radius 1 is 1.11 bits per heavy atom. The molecule has 1 aromatic heterocycles. The van der Waals surface area contributed by atoms with Crippen LogP contribution in [0, 0.1) is 0 Å². The maximum atomic E-state index is 12.4. The van der Waals surface area contributed by atoms with Gasteiger partial charge in [-0.2, -0.15) is 0 Å². The molecule has 0 unspecified atom stereocenters. The van der Waals surface area contributed by atoms with Crippen LogP contribution in [-0.4, -0.2) is 23.6 Å². The molecule has 1 amide bonds. The van der Waals surface area contributed by atoms with Gasteiger partial charge in [-0.05, 0) is 49.6 Å². The Bertz CT molecular complexity index is 1050. The number of para-hydroxylation sites is 1. The van der Waals surface area contributed by atoms with Crippen LogP contribution in [0.25, 0.3) is 10.2 Å². The molecule has 4 rings (SSSR count). The summed E-state index contributed by atoms with van der Waals surface area (Å²) in [7, 11) is 0. The van der Waals surface area contributed by atoms with Gasteiger partial charge >= 0.3 is 4.87 Å². The van der Waals surface area contributed by atoms with E-state index in [4.69, 9.17) is 11.6 Å². The van der Waals surface area contributed by atoms with Gasteiger partial charge in [0.2, 0.25) is 5.91 Å². The van der Waals surface area contributed by atoms with Crippen LogP contribution in [-0.2, 0) is 11.3 Å². The predicted octanol–water partition coefficient (Wildman–Crippen LogP) is 4.74. The minimum atomic E-state index is -0.135. The monoisotopic (exact) mass is 415 g/mol. The number of piperidine rings is 1. The number of rotatable bonds is 5. The largest absolute Gasteiger partial charge is 0.370 e. The zero-order valence-electron chi connectivity index (χ0n) is 15.5. The molecular formula is C21H22ClN3O2S. The summed E-state index contributed by atoms with van der Waals surface area (Å²) in [6.07, 6.45) is 3.87. The molecule has 0 radical (unpaired) electrons. The number of aromatic nitrogens is 1. The number of fused-ring (bicyclic) bond motifs is 1. The lowest BCUT2D eigenvalue weighted by atomic mass is 10.1. The van der Waals surface area contributed by atoms with Gasteiger partial charge < -0.3 is 10.2 Å². The van der Waals surface area contributed by atoms with Crippen molar-refractivity contribution in [3.8, 4) is 0 Å². The first-order chi connectivity index (χ1) is 13.6. The van der Waals surface area contributed by atoms with Crippen LogP contribution >= 0.6 is 22.9 Å². The van der Waals surface area contributed by atoms with Crippen molar-refractivity contribution in [1.82, 2.24) is 4.57 Å². The van der Waals surface area contributed by atoms with E-state index >= 15 is 0 Å². The van der Waals surface area contributed by atoms with Crippen LogP contribution in [0.15, 0.2) is 47.3 Å². The number of carbonyl (C=O) groups is 1. The number of halogens is 1. The Balaban J connectivity index is 1.40. The van der Waals surface area contributed by atoms with Gasteiger partial charge in [0.15, 0.2) is 0 Å². The molecule has 0 atom stereocenters. The van der Waals surface area contributed by atoms with E-state index in [1.54, 1.807) is 10.6 Å². The lowest BCUT2D eigenvalue weighted by Gasteiger charge is -2.29. The van der Waals surface area contributed by atoms with Crippen LogP contribution in [0.3, 0.4) is 0 Å². The molecule has 0 bridgehead atoms. The Hall–Kier alpha value is -2.31. The number of carbonyl (C=O) groups excluding carboxylic acids is 1. The fourth-order valence-electron chi connectivity index (χ4n) is 3.64. The highest BCUT2D eigenvalue weighted by atomic mass is 35.5. The quantitative estimate of drug-likeness (QED) is 0.655. The molecule has 1 aliphatic heterocycles. The fourth-order valence-corrected chi connectivity index (χ4v) is 4.86. The first kappa shape index (κ1) is 19.0. The molecule has 2 aromatic carbocycles. The van der Waals surface area contributed by atoms with Gasteiger partial charge in [-0.25, -0.2) is 0 Å². The summed E-state index contributed by atoms with van der Waals surface area (Å²) in [5.74, 6) is -0.135. The van der Waals surface area contributed by atoms with Crippen LogP contribution < -0.4 is 15.1 Å². The van der Waals surface area contributed by atoms with E-state index in [1.807, 2.05) is 36.4 Å². The number of anilines is 2. The Morgan fingerprint density at radius 3 is 2.68 bits per heavy atom. The smallest absolute Gasteiger partial charge is 0.308 e. The topological polar surface area (TPSA) is 54.3 Å². The molecule has 2 heterocycles. The molecule has 1 fully saturated rings. The molecule has 3 aromatic rings. The van der Waals surface area contributed by atoms with Gasteiger partial charge in [0.1, 0.15) is 0 Å². The van der Waals surface area contributed by atoms with Crippen LogP contribution in [0.4, 0.5) is 11.4 Å². The second kappa shape index (κ2) is 8.37. The average molecular weight is 416 g/mol. The molecule has 1 aliphatic rings. The van der Waals surface area contributed by atoms with Crippen molar-refractivity contribution in [1.29, 1.82) is 0 Å². The number of benzene rings is 2. The van der Waals surface area contributed by atoms with E-state index in [0.717, 1.165) is 29.0 Å². The molecule has 28 heavy (non-hydrogen) atoms. The van der Waals surface area contributed by atoms with Crippen molar-refractivity contribution in [2.75, 3.05) is 23.3 Å². The van der Waals surface area contributed by atoms with Gasteiger partial charge in [-0.1, -0.05) is 35.1 Å². The van der Waals surface area contributed by atoms with E-state index < -0.39 is 0 Å². The SMILES string of the molecule is O=C(CCn1c(=O)sc2ccccc21)Nc1ccc(N2CCCCC2)c(Cl)c1. The van der Waals surface area contributed by atoms with Crippen molar-refractivity contribution in [2.45, 2.75) is 32.2 Å². The molecule has 1 saturated heterocycles. The lowest BCUT2D eigenvalue weighted by Crippen LogP contribution is -2.29. The third-order valence-electron chi connectivity index (χ3n) is 5.06. The second-order valence-electron chi connectivity index (χ2n) is 7.00. The average Bonchev–Trinajstić information content (AvgIpc) is 3.02. The number of aryl methyl sites for hydroxylation is 1. The highest BCUT2D eigenvalue weighted by Crippen LogP contribution is 2.30. The van der Waals surface area contributed by atoms with Gasteiger partial charge in [-0.15, -0.1) is 0 Å². The summed E-state index contributed by atoms with van der Waals surface area (Å²) in [5.41, 5.74) is 2.58. The number of nitrogens with one attached hydrogen (secondary N) is 1. The first-order valence-corrected chi connectivity index (χ1v) is 10.7. The highest BCUT2D eigenvalue weighted by molar-refractivity contribution is 7.16. The number of thiazole rings is 1. The summed E-state index contributed by atoms with van der Waals surface area (Å²) < 4.78 is 2.60. The van der Waals surface area contributed by atoms with Crippen LogP contribution in [0.5, 0.6) is 0 Å². The third kappa shape index (κ3) is 4.08. The summed E-state index contributed by atoms with van der Waals surface area (Å²) in [4.78, 5) is 26.8. The maximum absolute atomic E-state index is 12.4. The van der Waals surface area contributed by atoms with Gasteiger partial charge in [0, 0.05) is 31.7 Å². The van der Waals surface area contributed by atoms with Crippen molar-refractivity contribution in [3.05, 3.63) is 57.2 Å². The molecular weight excluding hydrogens is 394 g/mol. The van der Waals surface area contributed by atoms with E-state index in [1.165, 1.54) is 30.6 Å². The minimum absolute atomic E-state index is 0.0390. The zero-order valence-corrected chi connectivity index (χ0v) is 17.1. The summed E-state index contributed by atoms with van der Waals surface area (Å²) >= 11 is 7.66. The number of nitrogens with zero attached hydrogens (tertiary/aromatic N) is 2. The van der Waals surface area contributed by atoms with E-state index in [-0.39, 0.29) is 17.2 Å². The van der Waals surface area contributed by atoms with Crippen LogP contribution in [0.2, 0.25) is 5.02 Å². The molecule has 7 heteroatoms. The summed E-state index contributed by atoms with van der Waals surface area (Å²) in [6.45, 7) is 2.40. The van der Waals surface area contributed by atoms with E-state index in [0.29, 0.717) is 17.3 Å². The second-order valence-corrected chi connectivity index (χ2v) is 8.40. The highest BCUT2D eigenvalue weighted by Gasteiger charge is 2.15. The summed E-state index contributed by atoms with van der Waals surface area (Å²) in [6, 6.07) is 13.3.